The fourth-order valence-electron chi connectivity index (χ4n) is 3.22. The van der Waals surface area contributed by atoms with E-state index in [-0.39, 0.29) is 16.0 Å². The van der Waals surface area contributed by atoms with E-state index in [1.165, 1.54) is 24.3 Å². The van der Waals surface area contributed by atoms with E-state index >= 15 is 0 Å². The van der Waals surface area contributed by atoms with E-state index in [1.54, 1.807) is 13.8 Å². The zero-order chi connectivity index (χ0) is 29.7. The zero-order valence-corrected chi connectivity index (χ0v) is 15.9. The molecule has 154 valence electrons. The Morgan fingerprint density at radius 3 is 2.83 bits per heavy atom. The number of carbonyl (C=O) groups is 2. The van der Waals surface area contributed by atoms with Crippen molar-refractivity contribution in [1.29, 1.82) is 0 Å². The van der Waals surface area contributed by atoms with Crippen LogP contribution in [0.5, 0.6) is 0 Å². The number of rotatable bonds is 7. The number of amides is 2. The first-order valence-electron chi connectivity index (χ1n) is 13.8. The molecule has 29 heavy (non-hydrogen) atoms. The van der Waals surface area contributed by atoms with Crippen molar-refractivity contribution in [1.82, 2.24) is 15.2 Å². The van der Waals surface area contributed by atoms with E-state index in [4.69, 9.17) is 13.7 Å². The molecule has 0 aliphatic carbocycles. The number of anilines is 1. The molecule has 0 fully saturated rings. The molecular weight excluding hydrogens is 371 g/mol. The van der Waals surface area contributed by atoms with Crippen LogP contribution >= 0.6 is 0 Å². The number of hydrogen-bond donors (Lipinski definition) is 3. The molecule has 0 bridgehead atoms. The molecule has 3 rings (SSSR count). The number of benzene rings is 1. The number of nitrogens with zero attached hydrogens (tertiary/aromatic N) is 1. The zero-order valence-electron chi connectivity index (χ0n) is 25.9. The predicted molar refractivity (Wildman–Crippen MR) is 113 cm³/mol. The van der Waals surface area contributed by atoms with Gasteiger partial charge in [-0.05, 0) is 56.7 Å². The molecule has 1 aliphatic heterocycles. The van der Waals surface area contributed by atoms with Crippen LogP contribution in [0.15, 0.2) is 18.2 Å². The van der Waals surface area contributed by atoms with E-state index in [0.717, 1.165) is 0 Å². The fourth-order valence-corrected chi connectivity index (χ4v) is 3.22. The van der Waals surface area contributed by atoms with Crippen molar-refractivity contribution in [2.75, 3.05) is 31.4 Å². The number of aryl methyl sites for hydroxylation is 1. The minimum atomic E-state index is -3.39. The topological polar surface area (TPSA) is 77.2 Å². The van der Waals surface area contributed by atoms with Gasteiger partial charge in [-0.15, -0.1) is 0 Å². The van der Waals surface area contributed by atoms with Gasteiger partial charge in [0.1, 0.15) is 5.82 Å². The number of likely N-dealkylation sites (N-methyl/N-ethyl adjacent to an activating group) is 1. The summed E-state index contributed by atoms with van der Waals surface area (Å²) in [5.74, 6) is -1.67. The maximum Gasteiger partial charge on any atom is 0.256 e. The Morgan fingerprint density at radius 2 is 2.10 bits per heavy atom. The number of hydrogen-bond acceptors (Lipinski definition) is 3. The van der Waals surface area contributed by atoms with Crippen LogP contribution < -0.4 is 10.6 Å². The van der Waals surface area contributed by atoms with Crippen molar-refractivity contribution >= 4 is 29.2 Å². The lowest BCUT2D eigenvalue weighted by Gasteiger charge is -2.18. The second-order valence-corrected chi connectivity index (χ2v) is 6.50. The van der Waals surface area contributed by atoms with Crippen LogP contribution in [0.2, 0.25) is 0 Å². The van der Waals surface area contributed by atoms with E-state index in [2.05, 4.69) is 15.6 Å². The lowest BCUT2D eigenvalue weighted by molar-refractivity contribution is -0.110. The highest BCUT2D eigenvalue weighted by Gasteiger charge is 2.26. The van der Waals surface area contributed by atoms with Gasteiger partial charge in [-0.3, -0.25) is 9.59 Å². The maximum absolute atomic E-state index is 13.8. The molecule has 1 aromatic heterocycles. The van der Waals surface area contributed by atoms with Crippen molar-refractivity contribution in [3.63, 3.8) is 0 Å². The van der Waals surface area contributed by atoms with Crippen LogP contribution in [0.4, 0.5) is 10.1 Å². The number of H-pyrrole nitrogens is 1. The molecule has 0 atom stereocenters. The lowest BCUT2D eigenvalue weighted by Crippen LogP contribution is -2.35. The second kappa shape index (κ2) is 8.61. The summed E-state index contributed by atoms with van der Waals surface area (Å²) >= 11 is 0. The normalized spacial score (nSPS) is 21.4. The quantitative estimate of drug-likeness (QED) is 0.615. The van der Waals surface area contributed by atoms with Crippen molar-refractivity contribution in [3.05, 3.63) is 52.1 Å². The molecule has 1 aromatic carbocycles. The number of nitrogens with one attached hydrogen (secondary N) is 3. The first-order chi connectivity index (χ1) is 17.7. The number of aromatic amines is 1. The molecule has 1 aliphatic rings. The van der Waals surface area contributed by atoms with Gasteiger partial charge in [-0.25, -0.2) is 4.39 Å². The van der Waals surface area contributed by atoms with Gasteiger partial charge in [0.2, 0.25) is 0 Å². The average molecular weight is 409 g/mol. The highest BCUT2D eigenvalue weighted by atomic mass is 19.1. The van der Waals surface area contributed by atoms with Crippen LogP contribution in [0.25, 0.3) is 11.6 Å². The molecule has 0 spiro atoms. The molecule has 2 amide bonds. The Morgan fingerprint density at radius 1 is 1.34 bits per heavy atom. The van der Waals surface area contributed by atoms with E-state index < -0.39 is 57.4 Å². The molecule has 0 unspecified atom stereocenters. The van der Waals surface area contributed by atoms with Crippen LogP contribution in [0.1, 0.15) is 60.3 Å². The van der Waals surface area contributed by atoms with Crippen molar-refractivity contribution in [2.24, 2.45) is 0 Å². The summed E-state index contributed by atoms with van der Waals surface area (Å²) < 4.78 is 90.2. The Bertz CT molecular complexity index is 1310. The van der Waals surface area contributed by atoms with Gasteiger partial charge in [-0.2, -0.15) is 0 Å². The first kappa shape index (κ1) is 11.3. The van der Waals surface area contributed by atoms with Crippen LogP contribution in [0, 0.1) is 19.7 Å². The van der Waals surface area contributed by atoms with E-state index in [1.807, 2.05) is 0 Å². The van der Waals surface area contributed by atoms with Gasteiger partial charge in [0.05, 0.1) is 11.1 Å². The fraction of sp³-hybridized carbons (Fsp3) is 0.364. The van der Waals surface area contributed by atoms with Crippen molar-refractivity contribution in [2.45, 2.75) is 27.6 Å². The molecular formula is C22H27FN4O2. The predicted octanol–water partition coefficient (Wildman–Crippen LogP) is 3.33. The summed E-state index contributed by atoms with van der Waals surface area (Å²) in [6, 6.07) is 3.85. The third-order valence-electron chi connectivity index (χ3n) is 4.65. The second-order valence-electron chi connectivity index (χ2n) is 6.50. The van der Waals surface area contributed by atoms with Gasteiger partial charge in [-0.1, -0.05) is 13.7 Å². The molecule has 0 saturated carbocycles. The Labute approximate surface area is 184 Å². The van der Waals surface area contributed by atoms with Gasteiger partial charge in [0.25, 0.3) is 11.8 Å². The number of aromatic nitrogens is 1. The lowest BCUT2D eigenvalue weighted by atomic mass is 10.0. The monoisotopic (exact) mass is 408 g/mol. The average Bonchev–Trinajstić information content (AvgIpc) is 3.24. The molecule has 0 saturated heterocycles. The van der Waals surface area contributed by atoms with E-state index in [0.29, 0.717) is 28.2 Å². The summed E-state index contributed by atoms with van der Waals surface area (Å²) in [6.45, 7) is -11.6. The molecule has 0 radical (unpaired) electrons. The largest absolute Gasteiger partial charge is 0.358 e. The number of fused-ring (bicyclic) bond motifs is 1. The SMILES string of the molecule is [2H]C([2H])([2H])C([2H])([2H])N(CCNC(=O)c1c(C)[nH]c(/C=C2\C(=O)Nc3ccc(F)cc32)c1C)C([2H])([2H])C([2H])([2H])[2H]. The summed E-state index contributed by atoms with van der Waals surface area (Å²) in [6.07, 6.45) is 1.47. The number of halogens is 1. The third kappa shape index (κ3) is 4.24. The molecule has 2 heterocycles. The van der Waals surface area contributed by atoms with E-state index in [9.17, 15) is 14.0 Å². The van der Waals surface area contributed by atoms with Crippen molar-refractivity contribution < 1.29 is 27.7 Å². The summed E-state index contributed by atoms with van der Waals surface area (Å²) in [7, 11) is 0. The smallest absolute Gasteiger partial charge is 0.256 e. The summed E-state index contributed by atoms with van der Waals surface area (Å²) in [5, 5.41) is 5.08. The number of carbonyl (C=O) groups excluding carboxylic acids is 2. The minimum absolute atomic E-state index is 0.0717. The standard InChI is InChI=1S/C22H27FN4O2/c1-5-27(6-2)10-9-24-22(29)20-13(3)19(25-14(20)4)12-17-16-11-15(23)7-8-18(16)26-21(17)28/h7-8,11-12,25H,5-6,9-10H2,1-4H3,(H,24,29)(H,26,28)/b17-12-/i1D3,2D3,5D2,6D2. The molecule has 7 heteroatoms. The first-order valence-corrected chi connectivity index (χ1v) is 8.78. The molecule has 2 aromatic rings. The molecule has 3 N–H and O–H groups in total. The minimum Gasteiger partial charge on any atom is -0.358 e. The van der Waals surface area contributed by atoms with Gasteiger partial charge < -0.3 is 20.5 Å². The van der Waals surface area contributed by atoms with Crippen molar-refractivity contribution in [3.8, 4) is 0 Å². The Kier molecular flexibility index (Phi) is 3.36. The van der Waals surface area contributed by atoms with Gasteiger partial charge >= 0.3 is 0 Å². The molecule has 6 nitrogen and oxygen atoms in total. The Hall–Kier alpha value is -2.93. The third-order valence-corrected chi connectivity index (χ3v) is 4.65. The van der Waals surface area contributed by atoms with Crippen LogP contribution in [-0.2, 0) is 4.79 Å². The highest BCUT2D eigenvalue weighted by Crippen LogP contribution is 2.34. The van der Waals surface area contributed by atoms with Crippen LogP contribution in [-0.4, -0.2) is 47.8 Å². The summed E-state index contributed by atoms with van der Waals surface area (Å²) in [4.78, 5) is 28.5. The maximum atomic E-state index is 13.8. The highest BCUT2D eigenvalue weighted by molar-refractivity contribution is 6.34. The van der Waals surface area contributed by atoms with Gasteiger partial charge in [0.15, 0.2) is 0 Å². The Balaban J connectivity index is 1.85. The summed E-state index contributed by atoms with van der Waals surface area (Å²) in [5.41, 5.74) is 2.32. The van der Waals surface area contributed by atoms with Gasteiger partial charge in [0, 0.05) is 49.4 Å². The van der Waals surface area contributed by atoms with Crippen LogP contribution in [0.3, 0.4) is 0 Å².